The van der Waals surface area contributed by atoms with Gasteiger partial charge in [-0.15, -0.1) is 0 Å². The van der Waals surface area contributed by atoms with E-state index >= 15 is 0 Å². The largest absolute Gasteiger partial charge is 0.288 e. The standard InChI is InChI=1S/C10H12NO6S3/c1-19(13,14)17-8(7-12)6-11-20(15,16)10-5-3-2-4-9(10)18/h2-3,5,8,11H,4,6H2,1H3. The van der Waals surface area contributed by atoms with Crippen molar-refractivity contribution in [1.29, 1.82) is 0 Å². The lowest BCUT2D eigenvalue weighted by Gasteiger charge is -2.14. The second-order valence-corrected chi connectivity index (χ2v) is 7.67. The van der Waals surface area contributed by atoms with Gasteiger partial charge in [0, 0.05) is 17.8 Å². The highest BCUT2D eigenvalue weighted by atomic mass is 32.2. The highest BCUT2D eigenvalue weighted by Gasteiger charge is 2.24. The van der Waals surface area contributed by atoms with E-state index in [2.05, 4.69) is 8.91 Å². The lowest BCUT2D eigenvalue weighted by molar-refractivity contribution is 0.269. The van der Waals surface area contributed by atoms with E-state index in [1.807, 2.05) is 0 Å². The van der Waals surface area contributed by atoms with Crippen LogP contribution in [0, 0.1) is 0 Å². The van der Waals surface area contributed by atoms with Crippen LogP contribution in [0.25, 0.3) is 0 Å². The second-order valence-electron chi connectivity index (χ2n) is 3.85. The van der Waals surface area contributed by atoms with Gasteiger partial charge in [0.05, 0.1) is 11.2 Å². The molecule has 0 aromatic carbocycles. The van der Waals surface area contributed by atoms with Crippen LogP contribution in [0.15, 0.2) is 23.1 Å². The maximum Gasteiger partial charge on any atom is 0.265 e. The molecule has 1 N–H and O–H groups in total. The van der Waals surface area contributed by atoms with Crippen LogP contribution in [0.4, 0.5) is 0 Å². The second kappa shape index (κ2) is 6.68. The molecule has 1 aliphatic carbocycles. The van der Waals surface area contributed by atoms with Gasteiger partial charge >= 0.3 is 0 Å². The summed E-state index contributed by atoms with van der Waals surface area (Å²) in [6.45, 7) is -0.553. The average Bonchev–Trinajstić information content (AvgIpc) is 2.33. The van der Waals surface area contributed by atoms with E-state index in [4.69, 9.17) is 12.2 Å². The maximum absolute atomic E-state index is 11.9. The first kappa shape index (κ1) is 17.1. The lowest BCUT2D eigenvalue weighted by atomic mass is 10.2. The van der Waals surface area contributed by atoms with Crippen molar-refractivity contribution >= 4 is 43.5 Å². The predicted molar refractivity (Wildman–Crippen MR) is 76.8 cm³/mol. The molecule has 0 heterocycles. The lowest BCUT2D eigenvalue weighted by Crippen LogP contribution is -2.37. The molecule has 0 aliphatic heterocycles. The number of carbonyl (C=O) groups excluding carboxylic acids is 1. The van der Waals surface area contributed by atoms with Crippen molar-refractivity contribution in [3.8, 4) is 0 Å². The van der Waals surface area contributed by atoms with Crippen molar-refractivity contribution in [2.24, 2.45) is 0 Å². The number of hydrogen-bond acceptors (Lipinski definition) is 7. The summed E-state index contributed by atoms with van der Waals surface area (Å²) in [5, 5.41) is 0. The molecule has 0 saturated carbocycles. The quantitative estimate of drug-likeness (QED) is 0.496. The van der Waals surface area contributed by atoms with E-state index in [1.165, 1.54) is 12.4 Å². The molecule has 0 fully saturated rings. The van der Waals surface area contributed by atoms with Crippen LogP contribution in [0.3, 0.4) is 0 Å². The summed E-state index contributed by atoms with van der Waals surface area (Å²) in [5.41, 5.74) is 0. The fourth-order valence-electron chi connectivity index (χ4n) is 1.33. The normalized spacial score (nSPS) is 17.6. The van der Waals surface area contributed by atoms with Gasteiger partial charge in [0.1, 0.15) is 0 Å². The highest BCUT2D eigenvalue weighted by molar-refractivity contribution is 7.96. The molecule has 111 valence electrons. The average molecular weight is 338 g/mol. The Balaban J connectivity index is 2.77. The monoisotopic (exact) mass is 338 g/mol. The van der Waals surface area contributed by atoms with E-state index in [1.54, 1.807) is 12.2 Å². The van der Waals surface area contributed by atoms with Crippen molar-refractivity contribution in [1.82, 2.24) is 4.72 Å². The maximum atomic E-state index is 11.9. The molecule has 0 amide bonds. The third-order valence-electron chi connectivity index (χ3n) is 2.13. The van der Waals surface area contributed by atoms with E-state index in [0.29, 0.717) is 6.42 Å². The summed E-state index contributed by atoms with van der Waals surface area (Å²) in [7, 11) is -7.82. The molecule has 0 saturated heterocycles. The number of sulfonamides is 1. The summed E-state index contributed by atoms with van der Waals surface area (Å²) in [5.74, 6) is 0. The summed E-state index contributed by atoms with van der Waals surface area (Å²) in [6.07, 6.45) is 5.39. The molecule has 1 aliphatic rings. The predicted octanol–water partition coefficient (Wildman–Crippen LogP) is -0.426. The van der Waals surface area contributed by atoms with Gasteiger partial charge in [0.2, 0.25) is 16.3 Å². The summed E-state index contributed by atoms with van der Waals surface area (Å²) in [6, 6.07) is 0. The first-order valence-electron chi connectivity index (χ1n) is 5.31. The number of nitrogens with one attached hydrogen (secondary N) is 1. The van der Waals surface area contributed by atoms with Crippen LogP contribution < -0.4 is 4.72 Å². The molecular weight excluding hydrogens is 326 g/mol. The van der Waals surface area contributed by atoms with Gasteiger partial charge in [-0.05, 0) is 6.08 Å². The fourth-order valence-corrected chi connectivity index (χ4v) is 3.52. The zero-order valence-electron chi connectivity index (χ0n) is 10.4. The van der Waals surface area contributed by atoms with Crippen LogP contribution in [-0.2, 0) is 29.1 Å². The SMILES string of the molecule is CS(=O)(=O)OC([C]=O)CNS(=O)(=O)C1=CC=CCC1=S. The summed E-state index contributed by atoms with van der Waals surface area (Å²) < 4.78 is 52.0. The first-order valence-corrected chi connectivity index (χ1v) is 9.02. The van der Waals surface area contributed by atoms with Gasteiger partial charge in [0.15, 0.2) is 6.10 Å². The third-order valence-corrected chi connectivity index (χ3v) is 4.74. The molecule has 1 radical (unpaired) electrons. The van der Waals surface area contributed by atoms with Gasteiger partial charge in [-0.1, -0.05) is 24.4 Å². The first-order chi connectivity index (χ1) is 9.15. The molecule has 0 aromatic heterocycles. The zero-order chi connectivity index (χ0) is 15.4. The fraction of sp³-hybridized carbons (Fsp3) is 0.400. The Morgan fingerprint density at radius 3 is 2.60 bits per heavy atom. The van der Waals surface area contributed by atoms with Gasteiger partial charge in [-0.25, -0.2) is 13.1 Å². The Morgan fingerprint density at radius 1 is 1.45 bits per heavy atom. The molecule has 0 bridgehead atoms. The van der Waals surface area contributed by atoms with Crippen LogP contribution in [0.5, 0.6) is 0 Å². The smallest absolute Gasteiger partial charge is 0.265 e. The van der Waals surface area contributed by atoms with Crippen LogP contribution in [0.2, 0.25) is 0 Å². The van der Waals surface area contributed by atoms with Crippen molar-refractivity contribution in [2.75, 3.05) is 12.8 Å². The Bertz CT molecular complexity index is 659. The van der Waals surface area contributed by atoms with E-state index in [9.17, 15) is 21.6 Å². The summed E-state index contributed by atoms with van der Waals surface area (Å²) in [4.78, 5) is 10.7. The number of rotatable bonds is 7. The third kappa shape index (κ3) is 5.21. The van der Waals surface area contributed by atoms with E-state index in [-0.39, 0.29) is 9.77 Å². The van der Waals surface area contributed by atoms with Gasteiger partial charge in [-0.3, -0.25) is 8.98 Å². The van der Waals surface area contributed by atoms with Crippen molar-refractivity contribution in [3.05, 3.63) is 23.1 Å². The highest BCUT2D eigenvalue weighted by Crippen LogP contribution is 2.15. The minimum absolute atomic E-state index is 0.0843. The van der Waals surface area contributed by atoms with E-state index < -0.39 is 32.8 Å². The minimum atomic E-state index is -3.93. The zero-order valence-corrected chi connectivity index (χ0v) is 12.8. The number of hydrogen-bond donors (Lipinski definition) is 1. The van der Waals surface area contributed by atoms with Crippen LogP contribution >= 0.6 is 12.2 Å². The van der Waals surface area contributed by atoms with Crippen LogP contribution in [0.1, 0.15) is 6.42 Å². The van der Waals surface area contributed by atoms with Crippen molar-refractivity contribution in [3.63, 3.8) is 0 Å². The number of allylic oxidation sites excluding steroid dienone is 4. The summed E-state index contributed by atoms with van der Waals surface area (Å²) >= 11 is 4.93. The molecule has 7 nitrogen and oxygen atoms in total. The molecule has 0 spiro atoms. The Hall–Kier alpha value is -0.940. The minimum Gasteiger partial charge on any atom is -0.288 e. The molecule has 1 atom stereocenters. The number of thiocarbonyl (C=S) groups is 1. The molecule has 1 rings (SSSR count). The molecular formula is C10H12NO6S3. The molecule has 0 aromatic rings. The molecule has 1 unspecified atom stereocenters. The van der Waals surface area contributed by atoms with Gasteiger partial charge < -0.3 is 0 Å². The topological polar surface area (TPSA) is 107 Å². The molecule has 10 heteroatoms. The molecule has 20 heavy (non-hydrogen) atoms. The Labute approximate surface area is 122 Å². The van der Waals surface area contributed by atoms with Gasteiger partial charge in [-0.2, -0.15) is 8.42 Å². The van der Waals surface area contributed by atoms with Gasteiger partial charge in [0.25, 0.3) is 10.1 Å². The Morgan fingerprint density at radius 2 is 2.10 bits per heavy atom. The van der Waals surface area contributed by atoms with Crippen molar-refractivity contribution in [2.45, 2.75) is 12.5 Å². The Kier molecular flexibility index (Phi) is 5.71. The van der Waals surface area contributed by atoms with Crippen LogP contribution in [-0.4, -0.2) is 46.9 Å². The van der Waals surface area contributed by atoms with Crippen molar-refractivity contribution < 1.29 is 25.8 Å². The van der Waals surface area contributed by atoms with E-state index in [0.717, 1.165) is 6.26 Å².